The van der Waals surface area contributed by atoms with Gasteiger partial charge in [0.1, 0.15) is 54.4 Å². The van der Waals surface area contributed by atoms with Gasteiger partial charge in [0.25, 0.3) is 0 Å². The fourth-order valence-electron chi connectivity index (χ4n) is 11.0. The fourth-order valence-corrected chi connectivity index (χ4v) is 12.2. The van der Waals surface area contributed by atoms with E-state index >= 15 is 0 Å². The Hall–Kier alpha value is -7.24. The number of likely N-dealkylation sites (tertiary alicyclic amines) is 3. The first-order valence-electron chi connectivity index (χ1n) is 32.6. The van der Waals surface area contributed by atoms with E-state index in [1.54, 1.807) is 63.9 Å². The van der Waals surface area contributed by atoms with Gasteiger partial charge >= 0.3 is 12.2 Å². The zero-order valence-electron chi connectivity index (χ0n) is 55.6. The smallest absolute Gasteiger partial charge is 0.410 e. The minimum Gasteiger partial charge on any atom is -0.444 e. The van der Waals surface area contributed by atoms with Gasteiger partial charge in [-0.2, -0.15) is 15.3 Å². The second-order valence-electron chi connectivity index (χ2n) is 27.3. The predicted molar refractivity (Wildman–Crippen MR) is 368 cm³/mol. The van der Waals surface area contributed by atoms with Gasteiger partial charge in [-0.25, -0.2) is 44.2 Å². The second kappa shape index (κ2) is 34.3. The zero-order chi connectivity index (χ0) is 66.5. The number of nitrogens with zero attached hydrogens (tertiary/aromatic N) is 13. The van der Waals surface area contributed by atoms with E-state index in [9.17, 15) is 14.4 Å². The fraction of sp³-hybridized carbons (Fsp3) is 0.619. The molecule has 4 aliphatic rings. The highest BCUT2D eigenvalue weighted by molar-refractivity contribution is 6.76. The minimum atomic E-state index is -1.13. The number of benzene rings is 1. The number of aromatic amines is 2. The highest BCUT2D eigenvalue weighted by Crippen LogP contribution is 2.27. The van der Waals surface area contributed by atoms with E-state index in [1.165, 1.54) is 25.6 Å². The van der Waals surface area contributed by atoms with E-state index in [0.717, 1.165) is 147 Å². The average Bonchev–Trinajstić information content (AvgIpc) is 1.72. The SMILES string of the molecule is CC(C)(C)OC(=O)N1CCCCC(N)C1.CC(C)(C)OC(=O)N1CCCCC(Nc2ncnc3c2cnn3COCC[Si](C)(C)C)C1.O=C(CNc1cc(Cl)cc(Cl)c1)N1CCCCC(Nc2ncnc3[nH]ncc23)C1.c1nc(NC2CCCCNC2)c2cn[nH]c2n1. The van der Waals surface area contributed by atoms with Crippen LogP contribution in [0, 0.1) is 0 Å². The van der Waals surface area contributed by atoms with Gasteiger partial charge in [0.15, 0.2) is 16.9 Å². The van der Waals surface area contributed by atoms with E-state index in [0.29, 0.717) is 54.6 Å². The Labute approximate surface area is 556 Å². The molecule has 508 valence electrons. The lowest BCUT2D eigenvalue weighted by molar-refractivity contribution is -0.129. The van der Waals surface area contributed by atoms with E-state index in [-0.39, 0.29) is 42.8 Å². The van der Waals surface area contributed by atoms with Crippen LogP contribution >= 0.6 is 23.2 Å². The van der Waals surface area contributed by atoms with Gasteiger partial charge in [-0.15, -0.1) is 0 Å². The highest BCUT2D eigenvalue weighted by atomic mass is 35.5. The lowest BCUT2D eigenvalue weighted by Crippen LogP contribution is -2.42. The standard InChI is InChI=1S/C22H38N6O3Si.C19H21Cl2N7O.C11H16N6.C11H22N2O2/c1-22(2,3)31-21(29)27-10-8-7-9-17(14-27)26-19-18-13-25-28(20(18)24-15-23-19)16-30-11-12-32(4,5)6;20-12-5-13(21)7-15(6-12)22-9-17(29)28-4-2-1-3-14(10-28)26-18-16-8-25-27-19(16)24-11-23-18;1-2-4-12-5-8(3-1)16-10-9-6-15-17-11(9)14-7-13-10;1-11(2,3)15-10(14)13-7-5-4-6-9(12)8-13/h13,15,17H,7-12,14,16H2,1-6H3,(H,23,24,26);5-8,11,14,22H,1-4,9-10H2,(H2,23,24,25,26,27);6-8,12H,1-5H2,(H2,13,14,15,16,17);9H,4-8,12H2,1-3H3. The van der Waals surface area contributed by atoms with Crippen molar-refractivity contribution in [2.75, 3.05) is 86.8 Å². The third-order valence-electron chi connectivity index (χ3n) is 15.7. The van der Waals surface area contributed by atoms with Crippen LogP contribution in [0.25, 0.3) is 33.1 Å². The Morgan fingerprint density at radius 2 is 1.13 bits per heavy atom. The molecule has 6 aromatic heterocycles. The van der Waals surface area contributed by atoms with Gasteiger partial charge < -0.3 is 61.2 Å². The molecule has 0 aliphatic carbocycles. The lowest BCUT2D eigenvalue weighted by Gasteiger charge is -2.28. The summed E-state index contributed by atoms with van der Waals surface area (Å²) in [5.74, 6) is 2.37. The molecule has 4 saturated heterocycles. The monoisotopic (exact) mass is 1340 g/mol. The summed E-state index contributed by atoms with van der Waals surface area (Å²) in [4.78, 5) is 68.4. The van der Waals surface area contributed by atoms with E-state index in [2.05, 4.69) is 102 Å². The summed E-state index contributed by atoms with van der Waals surface area (Å²) >= 11 is 12.0. The molecule has 4 aliphatic heterocycles. The summed E-state index contributed by atoms with van der Waals surface area (Å²) < 4.78 is 18.5. The van der Waals surface area contributed by atoms with Crippen molar-refractivity contribution in [3.05, 3.63) is 65.8 Å². The van der Waals surface area contributed by atoms with Crippen LogP contribution in [0.4, 0.5) is 32.7 Å². The molecule has 4 fully saturated rings. The van der Waals surface area contributed by atoms with Crippen LogP contribution in [-0.4, -0.2) is 202 Å². The van der Waals surface area contributed by atoms with Crippen LogP contribution in [0.5, 0.6) is 0 Å². The maximum Gasteiger partial charge on any atom is 0.410 e. The van der Waals surface area contributed by atoms with Gasteiger partial charge in [-0.05, 0) is 137 Å². The number of nitrogens with two attached hydrogens (primary N) is 1. The molecular weight excluding hydrogens is 1250 g/mol. The van der Waals surface area contributed by atoms with E-state index in [4.69, 9.17) is 43.1 Å². The van der Waals surface area contributed by atoms with Gasteiger partial charge in [-0.3, -0.25) is 15.0 Å². The number of ether oxygens (including phenoxy) is 3. The Kier molecular flexibility index (Phi) is 26.4. The number of aromatic nitrogens is 12. The van der Waals surface area contributed by atoms with Crippen LogP contribution < -0.4 is 32.3 Å². The average molecular weight is 1340 g/mol. The number of halogens is 2. The number of fused-ring (bicyclic) bond motifs is 3. The Morgan fingerprint density at radius 3 is 1.71 bits per heavy atom. The Balaban J connectivity index is 0.000000167. The number of hydrogen-bond acceptors (Lipinski definition) is 21. The molecule has 1 aromatic carbocycles. The number of anilines is 4. The van der Waals surface area contributed by atoms with Crippen molar-refractivity contribution in [2.24, 2.45) is 5.73 Å². The second-order valence-corrected chi connectivity index (χ2v) is 33.8. The summed E-state index contributed by atoms with van der Waals surface area (Å²) in [7, 11) is -1.13. The van der Waals surface area contributed by atoms with Crippen molar-refractivity contribution in [1.82, 2.24) is 80.1 Å². The molecule has 9 N–H and O–H groups in total. The molecule has 7 aromatic rings. The number of nitrogens with one attached hydrogen (secondary N) is 7. The number of H-pyrrole nitrogens is 2. The molecule has 0 radical (unpaired) electrons. The largest absolute Gasteiger partial charge is 0.444 e. The number of rotatable bonds is 14. The Bertz CT molecular complexity index is 3450. The molecule has 4 unspecified atom stereocenters. The molecule has 0 saturated carbocycles. The summed E-state index contributed by atoms with van der Waals surface area (Å²) in [5, 5.41) is 38.9. The molecule has 30 heteroatoms. The number of amides is 3. The minimum absolute atomic E-state index is 0.0333. The van der Waals surface area contributed by atoms with Crippen LogP contribution in [-0.2, 0) is 25.7 Å². The maximum atomic E-state index is 12.8. The molecule has 0 spiro atoms. The van der Waals surface area contributed by atoms with Gasteiger partial charge in [0.05, 0.1) is 41.3 Å². The Morgan fingerprint density at radius 1 is 0.624 bits per heavy atom. The van der Waals surface area contributed by atoms with Gasteiger partial charge in [0.2, 0.25) is 5.91 Å². The van der Waals surface area contributed by atoms with E-state index < -0.39 is 19.3 Å². The summed E-state index contributed by atoms with van der Waals surface area (Å²) in [6.45, 7) is 25.7. The van der Waals surface area contributed by atoms with Gasteiger partial charge in [-0.1, -0.05) is 55.7 Å². The van der Waals surface area contributed by atoms with Crippen molar-refractivity contribution in [2.45, 2.75) is 186 Å². The van der Waals surface area contributed by atoms with Crippen LogP contribution in [0.15, 0.2) is 55.8 Å². The van der Waals surface area contributed by atoms with Crippen molar-refractivity contribution < 1.29 is 28.6 Å². The molecule has 11 rings (SSSR count). The number of hydrogen-bond donors (Lipinski definition) is 8. The van der Waals surface area contributed by atoms with Crippen molar-refractivity contribution in [3.8, 4) is 0 Å². The van der Waals surface area contributed by atoms with Crippen LogP contribution in [0.3, 0.4) is 0 Å². The number of carbonyl (C=O) groups excluding carboxylic acids is 3. The quantitative estimate of drug-likeness (QED) is 0.0370. The molecular formula is C63H97Cl2N21O6Si. The van der Waals surface area contributed by atoms with Crippen molar-refractivity contribution in [1.29, 1.82) is 0 Å². The third kappa shape index (κ3) is 23.6. The van der Waals surface area contributed by atoms with Gasteiger partial charge in [0, 0.05) is 100 Å². The highest BCUT2D eigenvalue weighted by Gasteiger charge is 2.29. The summed E-state index contributed by atoms with van der Waals surface area (Å²) in [6.07, 6.45) is 22.1. The lowest BCUT2D eigenvalue weighted by atomic mass is 10.1. The third-order valence-corrected chi connectivity index (χ3v) is 17.9. The van der Waals surface area contributed by atoms with Crippen LogP contribution in [0.1, 0.15) is 119 Å². The topological polar surface area (TPSA) is 327 Å². The molecule has 3 amide bonds. The summed E-state index contributed by atoms with van der Waals surface area (Å²) in [6, 6.07) is 6.99. The summed E-state index contributed by atoms with van der Waals surface area (Å²) in [5.41, 5.74) is 7.89. The molecule has 93 heavy (non-hydrogen) atoms. The predicted octanol–water partition coefficient (Wildman–Crippen LogP) is 10.5. The molecule has 0 bridgehead atoms. The molecule has 4 atom stereocenters. The number of carbonyl (C=O) groups is 3. The molecule has 27 nitrogen and oxygen atoms in total. The first kappa shape index (κ1) is 71.6. The van der Waals surface area contributed by atoms with E-state index in [1.807, 2.05) is 46.4 Å². The zero-order valence-corrected chi connectivity index (χ0v) is 58.1. The maximum absolute atomic E-state index is 12.8. The molecule has 10 heterocycles. The first-order valence-corrected chi connectivity index (χ1v) is 37.1. The van der Waals surface area contributed by atoms with Crippen molar-refractivity contribution in [3.63, 3.8) is 0 Å². The normalized spacial score (nSPS) is 19.2. The first-order chi connectivity index (χ1) is 44.4. The van der Waals surface area contributed by atoms with Crippen LogP contribution in [0.2, 0.25) is 35.7 Å². The van der Waals surface area contributed by atoms with Crippen molar-refractivity contribution >= 4 is 106 Å².